The van der Waals surface area contributed by atoms with Gasteiger partial charge in [-0.2, -0.15) is 5.26 Å². The Hall–Kier alpha value is -6.16. The van der Waals surface area contributed by atoms with Crippen LogP contribution in [0.25, 0.3) is 0 Å². The average Bonchev–Trinajstić information content (AvgIpc) is 3.06. The van der Waals surface area contributed by atoms with Crippen LogP contribution in [-0.2, 0) is 30.3 Å². The van der Waals surface area contributed by atoms with E-state index in [1.54, 1.807) is 54.6 Å². The number of nitrogens with two attached hydrogens (primary N) is 1. The number of nitro benzene ring substituents is 1. The number of non-ortho nitro benzene ring substituents is 1. The summed E-state index contributed by atoms with van der Waals surface area (Å²) in [6, 6.07) is 21.2. The molecule has 0 bridgehead atoms. The molecule has 0 radical (unpaired) electrons. The second-order valence-electron chi connectivity index (χ2n) is 9.33. The average molecular weight is 598 g/mol. The minimum atomic E-state index is -0.992. The second-order valence-corrected chi connectivity index (χ2v) is 9.33. The number of nitriles is 1. The van der Waals surface area contributed by atoms with Crippen LogP contribution in [0.5, 0.6) is 0 Å². The Balaban J connectivity index is 1.74. The van der Waals surface area contributed by atoms with Crippen LogP contribution >= 0.6 is 0 Å². The highest BCUT2D eigenvalue weighted by molar-refractivity contribution is 6.06. The van der Waals surface area contributed by atoms with Crippen LogP contribution in [0.1, 0.15) is 27.4 Å². The van der Waals surface area contributed by atoms with E-state index < -0.39 is 28.7 Å². The zero-order valence-corrected chi connectivity index (χ0v) is 23.9. The van der Waals surface area contributed by atoms with E-state index in [4.69, 9.17) is 19.9 Å². The third-order valence-electron chi connectivity index (χ3n) is 6.91. The van der Waals surface area contributed by atoms with Crippen LogP contribution in [0.3, 0.4) is 0 Å². The molecule has 0 aliphatic carbocycles. The van der Waals surface area contributed by atoms with Gasteiger partial charge in [0.2, 0.25) is 0 Å². The summed E-state index contributed by atoms with van der Waals surface area (Å²) in [5.41, 5.74) is 7.89. The lowest BCUT2D eigenvalue weighted by Crippen LogP contribution is -2.40. The Morgan fingerprint density at radius 3 is 2.16 bits per heavy atom. The number of nitrogens with zero attached hydrogens (tertiary/aromatic N) is 3. The summed E-state index contributed by atoms with van der Waals surface area (Å²) in [5.74, 6) is -3.52. The number of benzene rings is 3. The molecule has 3 N–H and O–H groups in total. The summed E-state index contributed by atoms with van der Waals surface area (Å²) in [7, 11) is 3.50. The van der Waals surface area contributed by atoms with E-state index in [0.29, 0.717) is 22.5 Å². The first-order valence-corrected chi connectivity index (χ1v) is 13.0. The van der Waals surface area contributed by atoms with Crippen molar-refractivity contribution in [1.82, 2.24) is 0 Å². The molecule has 0 fully saturated rings. The third kappa shape index (κ3) is 5.90. The maximum Gasteiger partial charge on any atom is 0.355 e. The summed E-state index contributed by atoms with van der Waals surface area (Å²) in [4.78, 5) is 50.5. The lowest BCUT2D eigenvalue weighted by atomic mass is 9.81. The monoisotopic (exact) mass is 597 g/mol. The van der Waals surface area contributed by atoms with Crippen molar-refractivity contribution in [3.8, 4) is 6.07 Å². The Morgan fingerprint density at radius 2 is 1.59 bits per heavy atom. The van der Waals surface area contributed by atoms with Gasteiger partial charge in [-0.05, 0) is 29.3 Å². The van der Waals surface area contributed by atoms with Crippen LogP contribution in [-0.4, -0.2) is 44.2 Å². The highest BCUT2D eigenvalue weighted by atomic mass is 16.6. The summed E-state index contributed by atoms with van der Waals surface area (Å²) in [5, 5.41) is 24.4. The fourth-order valence-corrected chi connectivity index (χ4v) is 4.82. The van der Waals surface area contributed by atoms with Crippen LogP contribution in [0.15, 0.2) is 95.5 Å². The van der Waals surface area contributed by atoms with Gasteiger partial charge in [-0.3, -0.25) is 15.0 Å². The lowest BCUT2D eigenvalue weighted by molar-refractivity contribution is -0.384. The molecule has 13 nitrogen and oxygen atoms in total. The summed E-state index contributed by atoms with van der Waals surface area (Å²) < 4.78 is 14.9. The molecule has 224 valence electrons. The Morgan fingerprint density at radius 1 is 0.955 bits per heavy atom. The molecular formula is C31H27N5O8. The van der Waals surface area contributed by atoms with Gasteiger partial charge < -0.3 is 25.3 Å². The number of carbonyl (C=O) groups excluding carboxylic acids is 3. The molecule has 1 unspecified atom stereocenters. The first-order valence-electron chi connectivity index (χ1n) is 13.0. The molecule has 1 heterocycles. The van der Waals surface area contributed by atoms with Gasteiger partial charge in [-0.25, -0.2) is 14.4 Å². The molecule has 0 saturated carbocycles. The standard InChI is InChI=1S/C31H27N5O8/c1-42-29(37)22-15-21(36(40)41)13-14-24(22)34-17-18-9-11-20(12-10-18)35-27(31(39)44-3)26(30(38)43-2)25(23(16-32)28(35)33)19-7-5-4-6-8-19/h4-15,25,34H,17,33H2,1-3H3. The van der Waals surface area contributed by atoms with Crippen LogP contribution in [0.2, 0.25) is 0 Å². The van der Waals surface area contributed by atoms with E-state index in [1.807, 2.05) is 0 Å². The van der Waals surface area contributed by atoms with Gasteiger partial charge in [0.05, 0.1) is 54.9 Å². The first-order chi connectivity index (χ1) is 21.2. The van der Waals surface area contributed by atoms with Gasteiger partial charge in [0, 0.05) is 30.1 Å². The maximum atomic E-state index is 13.2. The molecule has 13 heteroatoms. The molecule has 4 rings (SSSR count). The van der Waals surface area contributed by atoms with Crippen molar-refractivity contribution in [3.63, 3.8) is 0 Å². The molecule has 0 amide bonds. The van der Waals surface area contributed by atoms with Crippen molar-refractivity contribution in [2.45, 2.75) is 12.5 Å². The molecule has 1 atom stereocenters. The summed E-state index contributed by atoms with van der Waals surface area (Å²) >= 11 is 0. The van der Waals surface area contributed by atoms with Crippen LogP contribution in [0, 0.1) is 21.4 Å². The zero-order chi connectivity index (χ0) is 32.0. The van der Waals surface area contributed by atoms with Gasteiger partial charge in [0.1, 0.15) is 11.5 Å². The van der Waals surface area contributed by atoms with Crippen molar-refractivity contribution in [1.29, 1.82) is 5.26 Å². The highest BCUT2D eigenvalue weighted by Gasteiger charge is 2.43. The number of hydrogen-bond acceptors (Lipinski definition) is 12. The number of carbonyl (C=O) groups is 3. The van der Waals surface area contributed by atoms with Crippen molar-refractivity contribution in [3.05, 3.63) is 122 Å². The molecule has 3 aromatic rings. The second kappa shape index (κ2) is 13.2. The number of rotatable bonds is 9. The fraction of sp³-hybridized carbons (Fsp3) is 0.161. The Kier molecular flexibility index (Phi) is 9.25. The minimum Gasteiger partial charge on any atom is -0.466 e. The van der Waals surface area contributed by atoms with Gasteiger partial charge in [-0.1, -0.05) is 42.5 Å². The number of methoxy groups -OCH3 is 3. The Labute approximate surface area is 251 Å². The summed E-state index contributed by atoms with van der Waals surface area (Å²) in [6.45, 7) is 0.194. The molecule has 0 aromatic heterocycles. The predicted molar refractivity (Wildman–Crippen MR) is 158 cm³/mol. The normalized spacial score (nSPS) is 14.4. The van der Waals surface area contributed by atoms with E-state index >= 15 is 0 Å². The van der Waals surface area contributed by atoms with Gasteiger partial charge >= 0.3 is 17.9 Å². The molecule has 1 aliphatic heterocycles. The van der Waals surface area contributed by atoms with Crippen molar-refractivity contribution < 1.29 is 33.5 Å². The van der Waals surface area contributed by atoms with Gasteiger partial charge in [0.15, 0.2) is 0 Å². The number of esters is 3. The van der Waals surface area contributed by atoms with Gasteiger partial charge in [0.25, 0.3) is 5.69 Å². The Bertz CT molecular complexity index is 1730. The topological polar surface area (TPSA) is 187 Å². The largest absolute Gasteiger partial charge is 0.466 e. The molecule has 1 aliphatic rings. The molecule has 0 saturated heterocycles. The molecular weight excluding hydrogens is 570 g/mol. The number of nitro groups is 1. The quantitative estimate of drug-likeness (QED) is 0.157. The van der Waals surface area contributed by atoms with Crippen LogP contribution < -0.4 is 16.0 Å². The van der Waals surface area contributed by atoms with E-state index in [1.165, 1.54) is 31.3 Å². The van der Waals surface area contributed by atoms with E-state index in [-0.39, 0.29) is 40.5 Å². The molecule has 44 heavy (non-hydrogen) atoms. The van der Waals surface area contributed by atoms with Crippen molar-refractivity contribution in [2.24, 2.45) is 5.73 Å². The number of allylic oxidation sites excluding steroid dienone is 1. The third-order valence-corrected chi connectivity index (χ3v) is 6.91. The van der Waals surface area contributed by atoms with Crippen LogP contribution in [0.4, 0.5) is 17.1 Å². The smallest absolute Gasteiger partial charge is 0.355 e. The van der Waals surface area contributed by atoms with Crippen molar-refractivity contribution >= 4 is 35.0 Å². The molecule has 0 spiro atoms. The SMILES string of the molecule is COC(=O)C1=C(C(=O)OC)N(c2ccc(CNc3ccc([N+](=O)[O-])cc3C(=O)OC)cc2)C(N)=C(C#N)C1c1ccccc1. The number of anilines is 2. The van der Waals surface area contributed by atoms with E-state index in [2.05, 4.69) is 11.4 Å². The van der Waals surface area contributed by atoms with E-state index in [0.717, 1.165) is 13.2 Å². The first kappa shape index (κ1) is 30.8. The number of nitrogens with one attached hydrogen (secondary N) is 1. The fourth-order valence-electron chi connectivity index (χ4n) is 4.82. The lowest BCUT2D eigenvalue weighted by Gasteiger charge is -2.36. The summed E-state index contributed by atoms with van der Waals surface area (Å²) in [6.07, 6.45) is 0. The zero-order valence-electron chi connectivity index (χ0n) is 23.9. The minimum absolute atomic E-state index is 0.00949. The predicted octanol–water partition coefficient (Wildman–Crippen LogP) is 3.89. The van der Waals surface area contributed by atoms with Gasteiger partial charge in [-0.15, -0.1) is 0 Å². The number of ether oxygens (including phenoxy) is 3. The number of hydrogen-bond donors (Lipinski definition) is 2. The van der Waals surface area contributed by atoms with E-state index in [9.17, 15) is 29.8 Å². The molecule has 3 aromatic carbocycles. The van der Waals surface area contributed by atoms with Crippen molar-refractivity contribution in [2.75, 3.05) is 31.5 Å². The highest BCUT2D eigenvalue weighted by Crippen LogP contribution is 2.43. The maximum absolute atomic E-state index is 13.2.